The van der Waals surface area contributed by atoms with E-state index in [1.807, 2.05) is 0 Å². The van der Waals surface area contributed by atoms with Crippen LogP contribution in [0.2, 0.25) is 0 Å². The van der Waals surface area contributed by atoms with Gasteiger partial charge in [0.1, 0.15) is 18.8 Å². The predicted octanol–water partition coefficient (Wildman–Crippen LogP) is -0.844. The summed E-state index contributed by atoms with van der Waals surface area (Å²) in [5, 5.41) is 10.2. The highest BCUT2D eigenvalue weighted by Gasteiger charge is 2.29. The number of rotatable bonds is 2. The standard InChI is InChI=1S/C7H13NO4/c1-5(11-2)7(10)8-3-6(9)4-12-8/h5-6,9H,3-4H2,1-2H3/t5?,6-/m1/s1. The zero-order valence-electron chi connectivity index (χ0n) is 7.19. The Morgan fingerprint density at radius 2 is 2.50 bits per heavy atom. The largest absolute Gasteiger partial charge is 0.389 e. The molecule has 0 aromatic rings. The van der Waals surface area contributed by atoms with Crippen molar-refractivity contribution in [2.75, 3.05) is 20.3 Å². The van der Waals surface area contributed by atoms with E-state index in [9.17, 15) is 4.79 Å². The highest BCUT2D eigenvalue weighted by molar-refractivity contribution is 5.79. The molecule has 0 bridgehead atoms. The number of hydroxylamine groups is 2. The summed E-state index contributed by atoms with van der Waals surface area (Å²) >= 11 is 0. The Hall–Kier alpha value is -0.650. The minimum absolute atomic E-state index is 0.183. The van der Waals surface area contributed by atoms with Crippen LogP contribution < -0.4 is 0 Å². The van der Waals surface area contributed by atoms with Gasteiger partial charge in [-0.1, -0.05) is 0 Å². The summed E-state index contributed by atoms with van der Waals surface area (Å²) in [5.74, 6) is -0.256. The van der Waals surface area contributed by atoms with E-state index in [1.54, 1.807) is 6.92 Å². The van der Waals surface area contributed by atoms with Crippen LogP contribution in [0.25, 0.3) is 0 Å². The van der Waals surface area contributed by atoms with Crippen LogP contribution in [0.1, 0.15) is 6.92 Å². The maximum absolute atomic E-state index is 11.3. The van der Waals surface area contributed by atoms with Crippen LogP contribution >= 0.6 is 0 Å². The minimum Gasteiger partial charge on any atom is -0.389 e. The Labute approximate surface area is 70.8 Å². The van der Waals surface area contributed by atoms with Gasteiger partial charge >= 0.3 is 0 Å². The third-order valence-electron chi connectivity index (χ3n) is 1.75. The van der Waals surface area contributed by atoms with Crippen molar-refractivity contribution in [1.29, 1.82) is 0 Å². The van der Waals surface area contributed by atoms with Crippen LogP contribution in [-0.4, -0.2) is 48.5 Å². The fourth-order valence-electron chi connectivity index (χ4n) is 0.930. The molecule has 12 heavy (non-hydrogen) atoms. The molecule has 0 aromatic carbocycles. The Bertz CT molecular complexity index is 173. The molecule has 1 fully saturated rings. The summed E-state index contributed by atoms with van der Waals surface area (Å²) in [6, 6.07) is 0. The maximum atomic E-state index is 11.3. The number of hydrogen-bond acceptors (Lipinski definition) is 4. The third-order valence-corrected chi connectivity index (χ3v) is 1.75. The summed E-state index contributed by atoms with van der Waals surface area (Å²) in [5.41, 5.74) is 0. The Morgan fingerprint density at radius 1 is 1.83 bits per heavy atom. The Kier molecular flexibility index (Phi) is 3.02. The van der Waals surface area contributed by atoms with E-state index in [2.05, 4.69) is 0 Å². The van der Waals surface area contributed by atoms with Crippen molar-refractivity contribution >= 4 is 5.91 Å². The van der Waals surface area contributed by atoms with E-state index < -0.39 is 12.2 Å². The van der Waals surface area contributed by atoms with Gasteiger partial charge < -0.3 is 9.84 Å². The van der Waals surface area contributed by atoms with Gasteiger partial charge in [-0.2, -0.15) is 0 Å². The van der Waals surface area contributed by atoms with Gasteiger partial charge in [-0.15, -0.1) is 0 Å². The van der Waals surface area contributed by atoms with Crippen LogP contribution in [0.4, 0.5) is 0 Å². The van der Waals surface area contributed by atoms with Crippen molar-refractivity contribution in [1.82, 2.24) is 5.06 Å². The van der Waals surface area contributed by atoms with Crippen LogP contribution in [0, 0.1) is 0 Å². The molecule has 2 atom stereocenters. The molecule has 1 aliphatic rings. The smallest absolute Gasteiger partial charge is 0.274 e. The fourth-order valence-corrected chi connectivity index (χ4v) is 0.930. The van der Waals surface area contributed by atoms with Crippen LogP contribution in [0.15, 0.2) is 0 Å². The lowest BCUT2D eigenvalue weighted by atomic mass is 10.3. The first-order valence-corrected chi connectivity index (χ1v) is 3.80. The number of aliphatic hydroxyl groups is 1. The summed E-state index contributed by atoms with van der Waals surface area (Å²) < 4.78 is 4.81. The summed E-state index contributed by atoms with van der Waals surface area (Å²) in [6.07, 6.45) is -1.09. The number of amides is 1. The van der Waals surface area contributed by atoms with Crippen molar-refractivity contribution in [2.45, 2.75) is 19.1 Å². The molecule has 1 amide bonds. The average Bonchev–Trinajstić information content (AvgIpc) is 2.49. The summed E-state index contributed by atoms with van der Waals surface area (Å²) in [4.78, 5) is 16.2. The second-order valence-electron chi connectivity index (χ2n) is 2.73. The van der Waals surface area contributed by atoms with Gasteiger partial charge in [0.05, 0.1) is 6.54 Å². The quantitative estimate of drug-likeness (QED) is 0.594. The van der Waals surface area contributed by atoms with E-state index in [4.69, 9.17) is 14.7 Å². The normalized spacial score (nSPS) is 25.9. The number of carbonyl (C=O) groups is 1. The van der Waals surface area contributed by atoms with Crippen molar-refractivity contribution < 1.29 is 19.5 Å². The van der Waals surface area contributed by atoms with Crippen molar-refractivity contribution in [3.63, 3.8) is 0 Å². The highest BCUT2D eigenvalue weighted by Crippen LogP contribution is 2.08. The van der Waals surface area contributed by atoms with E-state index in [-0.39, 0.29) is 19.1 Å². The number of methoxy groups -OCH3 is 1. The lowest BCUT2D eigenvalue weighted by Gasteiger charge is -2.17. The molecule has 0 radical (unpaired) electrons. The Morgan fingerprint density at radius 3 is 2.92 bits per heavy atom. The molecule has 1 aliphatic heterocycles. The zero-order chi connectivity index (χ0) is 9.14. The molecule has 70 valence electrons. The molecule has 5 heteroatoms. The molecule has 0 saturated carbocycles. The highest BCUT2D eigenvalue weighted by atomic mass is 16.7. The van der Waals surface area contributed by atoms with Crippen LogP contribution in [0.5, 0.6) is 0 Å². The molecule has 1 saturated heterocycles. The van der Waals surface area contributed by atoms with Gasteiger partial charge in [-0.3, -0.25) is 9.63 Å². The monoisotopic (exact) mass is 175 g/mol. The molecule has 1 heterocycles. The molecule has 0 spiro atoms. The van der Waals surface area contributed by atoms with Crippen LogP contribution in [-0.2, 0) is 14.4 Å². The molecule has 5 nitrogen and oxygen atoms in total. The predicted molar refractivity (Wildman–Crippen MR) is 40.1 cm³/mol. The topological polar surface area (TPSA) is 59.0 Å². The molecule has 0 aromatic heterocycles. The van der Waals surface area contributed by atoms with Gasteiger partial charge in [0.25, 0.3) is 5.91 Å². The average molecular weight is 175 g/mol. The zero-order valence-corrected chi connectivity index (χ0v) is 7.19. The second-order valence-corrected chi connectivity index (χ2v) is 2.73. The first-order valence-electron chi connectivity index (χ1n) is 3.80. The maximum Gasteiger partial charge on any atom is 0.274 e. The van der Waals surface area contributed by atoms with Gasteiger partial charge in [0.2, 0.25) is 0 Å². The number of carbonyl (C=O) groups excluding carboxylic acids is 1. The third kappa shape index (κ3) is 1.94. The SMILES string of the molecule is COC(C)C(=O)N1C[C@@H](O)CO1. The number of nitrogens with zero attached hydrogens (tertiary/aromatic N) is 1. The number of ether oxygens (including phenoxy) is 1. The first kappa shape index (κ1) is 9.44. The van der Waals surface area contributed by atoms with Gasteiger partial charge in [0.15, 0.2) is 0 Å². The van der Waals surface area contributed by atoms with Gasteiger partial charge in [-0.05, 0) is 6.92 Å². The number of β-amino-alcohol motifs (C(OH)–C–C–N with tert-alkyl or cyclic N) is 1. The fraction of sp³-hybridized carbons (Fsp3) is 0.857. The molecular weight excluding hydrogens is 162 g/mol. The van der Waals surface area contributed by atoms with E-state index in [0.29, 0.717) is 0 Å². The van der Waals surface area contributed by atoms with Crippen molar-refractivity contribution in [3.05, 3.63) is 0 Å². The van der Waals surface area contributed by atoms with Crippen LogP contribution in [0.3, 0.4) is 0 Å². The first-order chi connectivity index (χ1) is 5.65. The summed E-state index contributed by atoms with van der Waals surface area (Å²) in [7, 11) is 1.45. The Balaban J connectivity index is 2.43. The van der Waals surface area contributed by atoms with E-state index >= 15 is 0 Å². The van der Waals surface area contributed by atoms with E-state index in [0.717, 1.165) is 5.06 Å². The lowest BCUT2D eigenvalue weighted by molar-refractivity contribution is -0.178. The van der Waals surface area contributed by atoms with Gasteiger partial charge in [-0.25, -0.2) is 5.06 Å². The van der Waals surface area contributed by atoms with Crippen molar-refractivity contribution in [3.8, 4) is 0 Å². The molecule has 1 N–H and O–H groups in total. The van der Waals surface area contributed by atoms with E-state index in [1.165, 1.54) is 7.11 Å². The van der Waals surface area contributed by atoms with Crippen molar-refractivity contribution in [2.24, 2.45) is 0 Å². The second kappa shape index (κ2) is 3.84. The molecule has 1 unspecified atom stereocenters. The number of aliphatic hydroxyl groups excluding tert-OH is 1. The lowest BCUT2D eigenvalue weighted by Crippen LogP contribution is -2.36. The summed E-state index contributed by atoms with van der Waals surface area (Å²) in [6.45, 7) is 2.05. The van der Waals surface area contributed by atoms with Gasteiger partial charge in [0, 0.05) is 7.11 Å². The molecular formula is C7H13NO4. The molecule has 0 aliphatic carbocycles. The molecule has 1 rings (SSSR count). The number of hydrogen-bond donors (Lipinski definition) is 1. The minimum atomic E-state index is -0.571.